The molecule has 0 radical (unpaired) electrons. The van der Waals surface area contributed by atoms with Gasteiger partial charge in [-0.2, -0.15) is 0 Å². The molecule has 2 amide bonds. The fourth-order valence-corrected chi connectivity index (χ4v) is 2.05. The van der Waals surface area contributed by atoms with Gasteiger partial charge in [0, 0.05) is 13.1 Å². The van der Waals surface area contributed by atoms with Gasteiger partial charge >= 0.3 is 6.03 Å². The van der Waals surface area contributed by atoms with Gasteiger partial charge in [0.15, 0.2) is 0 Å². The number of halogens is 1. The monoisotopic (exact) mass is 251 g/mol. The number of likely N-dealkylation sites (tertiary alicyclic amines) is 1. The smallest absolute Gasteiger partial charge is 0.321 e. The lowest BCUT2D eigenvalue weighted by Gasteiger charge is -2.30. The van der Waals surface area contributed by atoms with Crippen molar-refractivity contribution in [2.75, 3.05) is 24.1 Å². The average Bonchev–Trinajstić information content (AvgIpc) is 2.33. The molecular formula is C13H18FN3O. The van der Waals surface area contributed by atoms with E-state index < -0.39 is 5.82 Å². The van der Waals surface area contributed by atoms with Crippen LogP contribution in [0.1, 0.15) is 19.8 Å². The van der Waals surface area contributed by atoms with Gasteiger partial charge in [-0.25, -0.2) is 9.18 Å². The summed E-state index contributed by atoms with van der Waals surface area (Å²) in [5.41, 5.74) is 6.35. The Hall–Kier alpha value is -1.78. The molecule has 1 aromatic carbocycles. The maximum absolute atomic E-state index is 12.9. The highest BCUT2D eigenvalue weighted by Crippen LogP contribution is 2.21. The Morgan fingerprint density at radius 2 is 2.11 bits per heavy atom. The van der Waals surface area contributed by atoms with Crippen molar-refractivity contribution >= 4 is 17.4 Å². The van der Waals surface area contributed by atoms with Gasteiger partial charge in [0.05, 0.1) is 11.4 Å². The lowest BCUT2D eigenvalue weighted by atomic mass is 10.00. The number of piperidine rings is 1. The Bertz CT molecular complexity index is 442. The minimum atomic E-state index is -0.405. The first kappa shape index (κ1) is 12.7. The number of nitrogen functional groups attached to an aromatic ring is 1. The van der Waals surface area contributed by atoms with Crippen LogP contribution in [0.5, 0.6) is 0 Å². The third kappa shape index (κ3) is 2.91. The van der Waals surface area contributed by atoms with E-state index >= 15 is 0 Å². The molecule has 0 atom stereocenters. The molecule has 1 fully saturated rings. The standard InChI is InChI=1S/C13H18FN3O/c1-9-4-6-17(7-5-9)13(18)16-12-3-2-10(14)8-11(12)15/h2-3,8-9H,4-7,15H2,1H3,(H,16,18). The summed E-state index contributed by atoms with van der Waals surface area (Å²) in [7, 11) is 0. The highest BCUT2D eigenvalue weighted by molar-refractivity contribution is 5.92. The van der Waals surface area contributed by atoms with Crippen molar-refractivity contribution in [3.63, 3.8) is 0 Å². The van der Waals surface area contributed by atoms with E-state index in [2.05, 4.69) is 12.2 Å². The second kappa shape index (κ2) is 5.25. The zero-order valence-electron chi connectivity index (χ0n) is 10.4. The van der Waals surface area contributed by atoms with Crippen LogP contribution in [-0.2, 0) is 0 Å². The van der Waals surface area contributed by atoms with Gasteiger partial charge in [-0.15, -0.1) is 0 Å². The molecule has 98 valence electrons. The molecule has 2 rings (SSSR count). The summed E-state index contributed by atoms with van der Waals surface area (Å²) in [6, 6.07) is 3.80. The molecule has 1 aromatic rings. The van der Waals surface area contributed by atoms with E-state index in [4.69, 9.17) is 5.73 Å². The van der Waals surface area contributed by atoms with Crippen molar-refractivity contribution < 1.29 is 9.18 Å². The van der Waals surface area contributed by atoms with Crippen molar-refractivity contribution in [1.82, 2.24) is 4.90 Å². The molecule has 18 heavy (non-hydrogen) atoms. The van der Waals surface area contributed by atoms with Gasteiger partial charge in [0.1, 0.15) is 5.82 Å². The lowest BCUT2D eigenvalue weighted by molar-refractivity contribution is 0.186. The number of nitrogens with one attached hydrogen (secondary N) is 1. The molecule has 0 saturated carbocycles. The molecule has 1 heterocycles. The molecular weight excluding hydrogens is 233 g/mol. The van der Waals surface area contributed by atoms with Gasteiger partial charge in [-0.3, -0.25) is 0 Å². The second-order valence-corrected chi connectivity index (χ2v) is 4.83. The number of nitrogens with two attached hydrogens (primary N) is 1. The minimum absolute atomic E-state index is 0.166. The van der Waals surface area contributed by atoms with Crippen LogP contribution < -0.4 is 11.1 Å². The summed E-state index contributed by atoms with van der Waals surface area (Å²) < 4.78 is 12.9. The predicted octanol–water partition coefficient (Wildman–Crippen LogP) is 2.67. The number of amides is 2. The van der Waals surface area contributed by atoms with Gasteiger partial charge in [0.2, 0.25) is 0 Å². The number of hydrogen-bond acceptors (Lipinski definition) is 2. The fourth-order valence-electron chi connectivity index (χ4n) is 2.05. The Balaban J connectivity index is 1.98. The Kier molecular flexibility index (Phi) is 3.69. The van der Waals surface area contributed by atoms with Crippen molar-refractivity contribution in [3.8, 4) is 0 Å². The Morgan fingerprint density at radius 1 is 1.44 bits per heavy atom. The summed E-state index contributed by atoms with van der Waals surface area (Å²) in [6.07, 6.45) is 2.04. The van der Waals surface area contributed by atoms with Crippen LogP contribution in [0.2, 0.25) is 0 Å². The Labute approximate surface area is 106 Å². The van der Waals surface area contributed by atoms with E-state index in [1.165, 1.54) is 18.2 Å². The van der Waals surface area contributed by atoms with Crippen molar-refractivity contribution in [2.45, 2.75) is 19.8 Å². The number of benzene rings is 1. The van der Waals surface area contributed by atoms with Crippen LogP contribution >= 0.6 is 0 Å². The summed E-state index contributed by atoms with van der Waals surface area (Å²) in [4.78, 5) is 13.7. The highest BCUT2D eigenvalue weighted by Gasteiger charge is 2.20. The van der Waals surface area contributed by atoms with Gasteiger partial charge < -0.3 is 16.0 Å². The molecule has 3 N–H and O–H groups in total. The number of carbonyl (C=O) groups is 1. The first-order valence-corrected chi connectivity index (χ1v) is 6.17. The molecule has 0 spiro atoms. The lowest BCUT2D eigenvalue weighted by Crippen LogP contribution is -2.40. The third-order valence-electron chi connectivity index (χ3n) is 3.33. The van der Waals surface area contributed by atoms with Gasteiger partial charge in [-0.05, 0) is 37.0 Å². The quantitative estimate of drug-likeness (QED) is 0.754. The van der Waals surface area contributed by atoms with Crippen molar-refractivity contribution in [1.29, 1.82) is 0 Å². The summed E-state index contributed by atoms with van der Waals surface area (Å²) in [6.45, 7) is 3.70. The maximum atomic E-state index is 12.9. The first-order valence-electron chi connectivity index (χ1n) is 6.17. The molecule has 0 unspecified atom stereocenters. The van der Waals surface area contributed by atoms with E-state index in [1.54, 1.807) is 4.90 Å². The number of rotatable bonds is 1. The molecule has 1 aliphatic rings. The SMILES string of the molecule is CC1CCN(C(=O)Nc2ccc(F)cc2N)CC1. The summed E-state index contributed by atoms with van der Waals surface area (Å²) in [5.74, 6) is 0.266. The largest absolute Gasteiger partial charge is 0.397 e. The molecule has 1 saturated heterocycles. The zero-order valence-corrected chi connectivity index (χ0v) is 10.4. The van der Waals surface area contributed by atoms with Gasteiger partial charge in [-0.1, -0.05) is 6.92 Å². The topological polar surface area (TPSA) is 58.4 Å². The number of carbonyl (C=O) groups excluding carboxylic acids is 1. The second-order valence-electron chi connectivity index (χ2n) is 4.83. The van der Waals surface area contributed by atoms with E-state index in [0.29, 0.717) is 11.6 Å². The van der Waals surface area contributed by atoms with Crippen LogP contribution in [0, 0.1) is 11.7 Å². The molecule has 1 aliphatic heterocycles. The molecule has 5 heteroatoms. The van der Waals surface area contributed by atoms with E-state index in [1.807, 2.05) is 0 Å². The molecule has 0 aromatic heterocycles. The van der Waals surface area contributed by atoms with Crippen LogP contribution in [0.3, 0.4) is 0 Å². The first-order chi connectivity index (χ1) is 8.56. The maximum Gasteiger partial charge on any atom is 0.321 e. The summed E-state index contributed by atoms with van der Waals surface area (Å²) in [5, 5.41) is 2.72. The average molecular weight is 251 g/mol. The molecule has 0 aliphatic carbocycles. The van der Waals surface area contributed by atoms with E-state index in [0.717, 1.165) is 25.9 Å². The molecule has 4 nitrogen and oxygen atoms in total. The van der Waals surface area contributed by atoms with E-state index in [-0.39, 0.29) is 11.7 Å². The van der Waals surface area contributed by atoms with Crippen molar-refractivity contribution in [3.05, 3.63) is 24.0 Å². The molecule has 0 bridgehead atoms. The van der Waals surface area contributed by atoms with Crippen LogP contribution in [-0.4, -0.2) is 24.0 Å². The highest BCUT2D eigenvalue weighted by atomic mass is 19.1. The van der Waals surface area contributed by atoms with Crippen LogP contribution in [0.4, 0.5) is 20.6 Å². The van der Waals surface area contributed by atoms with Gasteiger partial charge in [0.25, 0.3) is 0 Å². The van der Waals surface area contributed by atoms with E-state index in [9.17, 15) is 9.18 Å². The zero-order chi connectivity index (χ0) is 13.1. The third-order valence-corrected chi connectivity index (χ3v) is 3.33. The minimum Gasteiger partial charge on any atom is -0.397 e. The summed E-state index contributed by atoms with van der Waals surface area (Å²) >= 11 is 0. The van der Waals surface area contributed by atoms with Crippen molar-refractivity contribution in [2.24, 2.45) is 5.92 Å². The number of anilines is 2. The normalized spacial score (nSPS) is 16.7. The fraction of sp³-hybridized carbons (Fsp3) is 0.462. The number of urea groups is 1. The predicted molar refractivity (Wildman–Crippen MR) is 69.8 cm³/mol. The number of hydrogen-bond donors (Lipinski definition) is 2. The number of nitrogens with zero attached hydrogens (tertiary/aromatic N) is 1. The van der Waals surface area contributed by atoms with Crippen LogP contribution in [0.25, 0.3) is 0 Å². The Morgan fingerprint density at radius 3 is 2.72 bits per heavy atom. The van der Waals surface area contributed by atoms with Crippen LogP contribution in [0.15, 0.2) is 18.2 Å².